The van der Waals surface area contributed by atoms with Crippen molar-refractivity contribution in [2.75, 3.05) is 44.7 Å². The van der Waals surface area contributed by atoms with Crippen LogP contribution in [0.2, 0.25) is 0 Å². The maximum atomic E-state index is 10.6. The number of hydrogen-bond donors (Lipinski definition) is 1. The van der Waals surface area contributed by atoms with Crippen molar-refractivity contribution in [3.63, 3.8) is 0 Å². The summed E-state index contributed by atoms with van der Waals surface area (Å²) >= 11 is 0. The van der Waals surface area contributed by atoms with E-state index < -0.39 is 5.97 Å². The van der Waals surface area contributed by atoms with Crippen molar-refractivity contribution in [3.05, 3.63) is 24.3 Å². The third-order valence-electron chi connectivity index (χ3n) is 3.17. The van der Waals surface area contributed by atoms with Crippen molar-refractivity contribution in [2.24, 2.45) is 0 Å². The van der Waals surface area contributed by atoms with Crippen LogP contribution in [0.3, 0.4) is 0 Å². The Morgan fingerprint density at radius 2 is 1.79 bits per heavy atom. The molecule has 1 saturated heterocycles. The number of piperazine rings is 1. The highest BCUT2D eigenvalue weighted by Crippen LogP contribution is 2.20. The second-order valence-corrected chi connectivity index (χ2v) is 4.35. The Balaban J connectivity index is 0.00000180. The predicted molar refractivity (Wildman–Crippen MR) is 76.5 cm³/mol. The van der Waals surface area contributed by atoms with Gasteiger partial charge in [0.25, 0.3) is 0 Å². The van der Waals surface area contributed by atoms with E-state index in [0.717, 1.165) is 37.6 Å². The van der Waals surface area contributed by atoms with E-state index in [2.05, 4.69) is 4.90 Å². The molecule has 0 bridgehead atoms. The van der Waals surface area contributed by atoms with Gasteiger partial charge in [0.05, 0.1) is 13.7 Å². The van der Waals surface area contributed by atoms with Gasteiger partial charge in [0.1, 0.15) is 5.75 Å². The van der Waals surface area contributed by atoms with Gasteiger partial charge >= 0.3 is 5.97 Å². The van der Waals surface area contributed by atoms with E-state index >= 15 is 0 Å². The normalized spacial score (nSPS) is 15.7. The predicted octanol–water partition coefficient (Wildman–Crippen LogP) is 1.32. The van der Waals surface area contributed by atoms with Crippen LogP contribution in [-0.4, -0.2) is 55.8 Å². The summed E-state index contributed by atoms with van der Waals surface area (Å²) in [7, 11) is 1.65. The smallest absolute Gasteiger partial charge is 0.317 e. The van der Waals surface area contributed by atoms with Crippen molar-refractivity contribution < 1.29 is 14.6 Å². The van der Waals surface area contributed by atoms with E-state index in [-0.39, 0.29) is 19.0 Å². The average Bonchev–Trinajstić information content (AvgIpc) is 2.39. The zero-order chi connectivity index (χ0) is 13.0. The molecule has 106 valence electrons. The molecule has 1 heterocycles. The maximum absolute atomic E-state index is 10.6. The van der Waals surface area contributed by atoms with Gasteiger partial charge < -0.3 is 14.7 Å². The van der Waals surface area contributed by atoms with Crippen molar-refractivity contribution in [2.45, 2.75) is 0 Å². The summed E-state index contributed by atoms with van der Waals surface area (Å²) in [4.78, 5) is 14.8. The highest BCUT2D eigenvalue weighted by molar-refractivity contribution is 5.85. The molecule has 0 unspecified atom stereocenters. The average molecular weight is 287 g/mol. The molecule has 0 atom stereocenters. The first kappa shape index (κ1) is 15.6. The number of carboxylic acid groups (broad SMARTS) is 1. The van der Waals surface area contributed by atoms with Gasteiger partial charge in [-0.1, -0.05) is 0 Å². The van der Waals surface area contributed by atoms with Gasteiger partial charge in [0, 0.05) is 31.9 Å². The Labute approximate surface area is 119 Å². The first-order chi connectivity index (χ1) is 8.69. The fourth-order valence-electron chi connectivity index (χ4n) is 2.15. The minimum absolute atomic E-state index is 0. The number of rotatable bonds is 4. The number of carbonyl (C=O) groups is 1. The third kappa shape index (κ3) is 4.29. The standard InChI is InChI=1S/C13H18N2O3.ClH/c1-18-12-4-2-11(3-5-12)15-8-6-14(7-9-15)10-13(16)17;/h2-5H,6-10H2,1H3,(H,16,17);1H. The van der Waals surface area contributed by atoms with Crippen LogP contribution in [0.25, 0.3) is 0 Å². The first-order valence-corrected chi connectivity index (χ1v) is 6.02. The molecule has 1 aromatic carbocycles. The van der Waals surface area contributed by atoms with Gasteiger partial charge in [0.15, 0.2) is 0 Å². The molecule has 19 heavy (non-hydrogen) atoms. The Morgan fingerprint density at radius 3 is 2.26 bits per heavy atom. The number of methoxy groups -OCH3 is 1. The topological polar surface area (TPSA) is 53.0 Å². The monoisotopic (exact) mass is 286 g/mol. The third-order valence-corrected chi connectivity index (χ3v) is 3.17. The molecule has 1 aromatic rings. The van der Waals surface area contributed by atoms with E-state index in [4.69, 9.17) is 9.84 Å². The number of ether oxygens (including phenoxy) is 1. The summed E-state index contributed by atoms with van der Waals surface area (Å²) in [6.07, 6.45) is 0. The van der Waals surface area contributed by atoms with Crippen molar-refractivity contribution in [3.8, 4) is 5.75 Å². The summed E-state index contributed by atoms with van der Waals surface area (Å²) in [5.74, 6) is 0.0937. The number of nitrogens with zero attached hydrogens (tertiary/aromatic N) is 2. The van der Waals surface area contributed by atoms with Crippen LogP contribution < -0.4 is 9.64 Å². The lowest BCUT2D eigenvalue weighted by Crippen LogP contribution is -2.47. The summed E-state index contributed by atoms with van der Waals surface area (Å²) in [5.41, 5.74) is 1.16. The van der Waals surface area contributed by atoms with Crippen molar-refractivity contribution in [1.82, 2.24) is 4.90 Å². The molecule has 0 spiro atoms. The van der Waals surface area contributed by atoms with Crippen LogP contribution in [0.5, 0.6) is 5.75 Å². The van der Waals surface area contributed by atoms with Crippen LogP contribution >= 0.6 is 12.4 Å². The Kier molecular flexibility index (Phi) is 5.92. The largest absolute Gasteiger partial charge is 0.497 e. The molecular formula is C13H19ClN2O3. The number of hydrogen-bond acceptors (Lipinski definition) is 4. The van der Waals surface area contributed by atoms with E-state index in [9.17, 15) is 4.79 Å². The van der Waals surface area contributed by atoms with Crippen LogP contribution in [0.1, 0.15) is 0 Å². The Morgan fingerprint density at radius 1 is 1.21 bits per heavy atom. The highest BCUT2D eigenvalue weighted by atomic mass is 35.5. The van der Waals surface area contributed by atoms with Gasteiger partial charge in [-0.25, -0.2) is 0 Å². The molecule has 0 saturated carbocycles. The molecule has 0 aromatic heterocycles. The summed E-state index contributed by atoms with van der Waals surface area (Å²) < 4.78 is 5.13. The second-order valence-electron chi connectivity index (χ2n) is 4.35. The van der Waals surface area contributed by atoms with Crippen molar-refractivity contribution in [1.29, 1.82) is 0 Å². The zero-order valence-electron chi connectivity index (χ0n) is 10.9. The summed E-state index contributed by atoms with van der Waals surface area (Å²) in [5, 5.41) is 8.74. The zero-order valence-corrected chi connectivity index (χ0v) is 11.7. The molecule has 1 aliphatic heterocycles. The molecule has 5 nitrogen and oxygen atoms in total. The lowest BCUT2D eigenvalue weighted by molar-refractivity contribution is -0.138. The number of carboxylic acids is 1. The van der Waals surface area contributed by atoms with Gasteiger partial charge in [-0.3, -0.25) is 9.69 Å². The van der Waals surface area contributed by atoms with Crippen LogP contribution in [0.15, 0.2) is 24.3 Å². The Bertz CT molecular complexity index is 403. The van der Waals surface area contributed by atoms with Gasteiger partial charge in [-0.15, -0.1) is 12.4 Å². The lowest BCUT2D eigenvalue weighted by Gasteiger charge is -2.35. The quantitative estimate of drug-likeness (QED) is 0.905. The van der Waals surface area contributed by atoms with E-state index in [1.165, 1.54) is 0 Å². The Hall–Kier alpha value is -1.46. The number of benzene rings is 1. The fraction of sp³-hybridized carbons (Fsp3) is 0.462. The second kappa shape index (κ2) is 7.21. The van der Waals surface area contributed by atoms with Gasteiger partial charge in [-0.2, -0.15) is 0 Å². The molecule has 2 rings (SSSR count). The maximum Gasteiger partial charge on any atom is 0.317 e. The van der Waals surface area contributed by atoms with Crippen LogP contribution in [0, 0.1) is 0 Å². The lowest BCUT2D eigenvalue weighted by atomic mass is 10.2. The van der Waals surface area contributed by atoms with E-state index in [1.807, 2.05) is 29.2 Å². The molecule has 1 fully saturated rings. The summed E-state index contributed by atoms with van der Waals surface area (Å²) in [6.45, 7) is 3.44. The van der Waals surface area contributed by atoms with E-state index in [1.54, 1.807) is 7.11 Å². The molecule has 6 heteroatoms. The molecule has 0 amide bonds. The minimum atomic E-state index is -0.757. The number of halogens is 1. The van der Waals surface area contributed by atoms with Crippen molar-refractivity contribution >= 4 is 24.1 Å². The van der Waals surface area contributed by atoms with Crippen LogP contribution in [-0.2, 0) is 4.79 Å². The number of anilines is 1. The fourth-order valence-corrected chi connectivity index (χ4v) is 2.15. The molecule has 0 aliphatic carbocycles. The molecule has 1 N–H and O–H groups in total. The van der Waals surface area contributed by atoms with Gasteiger partial charge in [-0.05, 0) is 24.3 Å². The molecular weight excluding hydrogens is 268 g/mol. The molecule has 1 aliphatic rings. The molecule has 0 radical (unpaired) electrons. The SMILES string of the molecule is COc1ccc(N2CCN(CC(=O)O)CC2)cc1.Cl. The summed E-state index contributed by atoms with van der Waals surface area (Å²) in [6, 6.07) is 7.95. The first-order valence-electron chi connectivity index (χ1n) is 6.02. The highest BCUT2D eigenvalue weighted by Gasteiger charge is 2.18. The number of aliphatic carboxylic acids is 1. The van der Waals surface area contributed by atoms with Gasteiger partial charge in [0.2, 0.25) is 0 Å². The van der Waals surface area contributed by atoms with Crippen LogP contribution in [0.4, 0.5) is 5.69 Å². The minimum Gasteiger partial charge on any atom is -0.497 e. The van der Waals surface area contributed by atoms with E-state index in [0.29, 0.717) is 0 Å².